The van der Waals surface area contributed by atoms with E-state index in [9.17, 15) is 4.79 Å². The summed E-state index contributed by atoms with van der Waals surface area (Å²) < 4.78 is 0. The molecule has 1 saturated heterocycles. The number of amides is 1. The number of nitrogens with zero attached hydrogens (tertiary/aromatic N) is 1. The summed E-state index contributed by atoms with van der Waals surface area (Å²) in [5.74, 6) is 0.0776. The van der Waals surface area contributed by atoms with E-state index in [0.717, 1.165) is 18.5 Å². The normalized spacial score (nSPS) is 21.6. The molecular formula is C11H14N2O. The van der Waals surface area contributed by atoms with Crippen molar-refractivity contribution in [1.82, 2.24) is 4.90 Å². The first-order valence-electron chi connectivity index (χ1n) is 4.85. The predicted molar refractivity (Wildman–Crippen MR) is 54.5 cm³/mol. The van der Waals surface area contributed by atoms with E-state index < -0.39 is 0 Å². The molecule has 0 aromatic heterocycles. The van der Waals surface area contributed by atoms with E-state index in [0.29, 0.717) is 6.54 Å². The first kappa shape index (κ1) is 9.21. The van der Waals surface area contributed by atoms with Crippen molar-refractivity contribution in [3.63, 3.8) is 0 Å². The van der Waals surface area contributed by atoms with Crippen molar-refractivity contribution in [3.05, 3.63) is 35.9 Å². The van der Waals surface area contributed by atoms with Gasteiger partial charge in [-0.1, -0.05) is 30.3 Å². The molecule has 1 heterocycles. The summed E-state index contributed by atoms with van der Waals surface area (Å²) in [4.78, 5) is 13.3. The van der Waals surface area contributed by atoms with Gasteiger partial charge in [-0.25, -0.2) is 0 Å². The highest BCUT2D eigenvalue weighted by atomic mass is 16.2. The minimum atomic E-state index is -0.279. The smallest absolute Gasteiger partial charge is 0.239 e. The Morgan fingerprint density at radius 2 is 2.07 bits per heavy atom. The maximum atomic E-state index is 11.5. The number of hydrogen-bond donors (Lipinski definition) is 1. The van der Waals surface area contributed by atoms with Gasteiger partial charge in [0.15, 0.2) is 0 Å². The van der Waals surface area contributed by atoms with E-state index in [-0.39, 0.29) is 11.9 Å². The number of hydrogen-bond acceptors (Lipinski definition) is 2. The van der Waals surface area contributed by atoms with E-state index >= 15 is 0 Å². The molecule has 0 bridgehead atoms. The summed E-state index contributed by atoms with van der Waals surface area (Å²) in [6.07, 6.45) is 0.783. The van der Waals surface area contributed by atoms with Crippen molar-refractivity contribution in [2.24, 2.45) is 5.73 Å². The zero-order valence-electron chi connectivity index (χ0n) is 8.02. The first-order valence-corrected chi connectivity index (χ1v) is 4.85. The molecule has 0 unspecified atom stereocenters. The summed E-state index contributed by atoms with van der Waals surface area (Å²) >= 11 is 0. The molecular weight excluding hydrogens is 176 g/mol. The van der Waals surface area contributed by atoms with E-state index in [2.05, 4.69) is 0 Å². The minimum absolute atomic E-state index is 0.0776. The van der Waals surface area contributed by atoms with Crippen molar-refractivity contribution in [3.8, 4) is 0 Å². The average Bonchev–Trinajstić information content (AvgIpc) is 2.52. The number of nitrogens with two attached hydrogens (primary N) is 1. The highest BCUT2D eigenvalue weighted by Crippen LogP contribution is 2.13. The minimum Gasteiger partial charge on any atom is -0.337 e. The van der Waals surface area contributed by atoms with Crippen LogP contribution in [0.3, 0.4) is 0 Å². The van der Waals surface area contributed by atoms with E-state index in [1.807, 2.05) is 35.2 Å². The van der Waals surface area contributed by atoms with Crippen molar-refractivity contribution < 1.29 is 4.79 Å². The van der Waals surface area contributed by atoms with Crippen LogP contribution in [0.4, 0.5) is 0 Å². The standard InChI is InChI=1S/C11H14N2O/c12-10-6-7-13(11(10)14)8-9-4-2-1-3-5-9/h1-5,10H,6-8,12H2/t10-/m0/s1. The van der Waals surface area contributed by atoms with Gasteiger partial charge in [-0.3, -0.25) is 4.79 Å². The van der Waals surface area contributed by atoms with Crippen molar-refractivity contribution >= 4 is 5.91 Å². The number of carbonyl (C=O) groups is 1. The molecule has 3 nitrogen and oxygen atoms in total. The molecule has 2 rings (SSSR count). The van der Waals surface area contributed by atoms with Gasteiger partial charge in [-0.2, -0.15) is 0 Å². The first-order chi connectivity index (χ1) is 6.77. The Labute approximate surface area is 83.5 Å². The highest BCUT2D eigenvalue weighted by molar-refractivity contribution is 5.83. The molecule has 1 aromatic rings. The lowest BCUT2D eigenvalue weighted by Gasteiger charge is -2.15. The second-order valence-electron chi connectivity index (χ2n) is 3.64. The monoisotopic (exact) mass is 190 g/mol. The van der Waals surface area contributed by atoms with Crippen molar-refractivity contribution in [1.29, 1.82) is 0 Å². The summed E-state index contributed by atoms with van der Waals surface area (Å²) in [5, 5.41) is 0. The fourth-order valence-electron chi connectivity index (χ4n) is 1.72. The molecule has 0 radical (unpaired) electrons. The Morgan fingerprint density at radius 1 is 1.36 bits per heavy atom. The molecule has 3 heteroatoms. The van der Waals surface area contributed by atoms with Gasteiger partial charge < -0.3 is 10.6 Å². The van der Waals surface area contributed by atoms with Gasteiger partial charge >= 0.3 is 0 Å². The molecule has 1 aromatic carbocycles. The zero-order chi connectivity index (χ0) is 9.97. The van der Waals surface area contributed by atoms with Crippen LogP contribution in [-0.2, 0) is 11.3 Å². The number of benzene rings is 1. The number of carbonyl (C=O) groups excluding carboxylic acids is 1. The van der Waals surface area contributed by atoms with Gasteiger partial charge in [-0.15, -0.1) is 0 Å². The fraction of sp³-hybridized carbons (Fsp3) is 0.364. The third-order valence-electron chi connectivity index (χ3n) is 2.56. The lowest BCUT2D eigenvalue weighted by molar-refractivity contribution is -0.129. The largest absolute Gasteiger partial charge is 0.337 e. The Bertz CT molecular complexity index is 323. The Kier molecular flexibility index (Phi) is 2.50. The predicted octanol–water partition coefficient (Wildman–Crippen LogP) is 0.746. The molecule has 14 heavy (non-hydrogen) atoms. The molecule has 1 aliphatic rings. The topological polar surface area (TPSA) is 46.3 Å². The van der Waals surface area contributed by atoms with Crippen molar-refractivity contribution in [2.75, 3.05) is 6.54 Å². The molecule has 0 saturated carbocycles. The van der Waals surface area contributed by atoms with Gasteiger partial charge in [0.05, 0.1) is 6.04 Å². The van der Waals surface area contributed by atoms with Crippen LogP contribution in [0, 0.1) is 0 Å². The average molecular weight is 190 g/mol. The van der Waals surface area contributed by atoms with E-state index in [1.165, 1.54) is 0 Å². The molecule has 0 aliphatic carbocycles. The van der Waals surface area contributed by atoms with Gasteiger partial charge in [0.25, 0.3) is 0 Å². The molecule has 0 spiro atoms. The Hall–Kier alpha value is -1.35. The molecule has 74 valence electrons. The van der Waals surface area contributed by atoms with E-state index in [1.54, 1.807) is 0 Å². The molecule has 1 aliphatic heterocycles. The Morgan fingerprint density at radius 3 is 2.64 bits per heavy atom. The lowest BCUT2D eigenvalue weighted by Crippen LogP contribution is -2.33. The van der Waals surface area contributed by atoms with Crippen LogP contribution in [0.25, 0.3) is 0 Å². The van der Waals surface area contributed by atoms with Gasteiger partial charge in [0.2, 0.25) is 5.91 Å². The lowest BCUT2D eigenvalue weighted by atomic mass is 10.2. The second-order valence-corrected chi connectivity index (χ2v) is 3.64. The summed E-state index contributed by atoms with van der Waals surface area (Å²) in [6.45, 7) is 1.47. The molecule has 1 amide bonds. The zero-order valence-corrected chi connectivity index (χ0v) is 8.02. The van der Waals surface area contributed by atoms with Gasteiger partial charge in [-0.05, 0) is 12.0 Å². The maximum Gasteiger partial charge on any atom is 0.239 e. The van der Waals surface area contributed by atoms with Crippen LogP contribution < -0.4 is 5.73 Å². The highest BCUT2D eigenvalue weighted by Gasteiger charge is 2.27. The molecule has 1 fully saturated rings. The third kappa shape index (κ3) is 1.77. The van der Waals surface area contributed by atoms with Crippen LogP contribution in [0.1, 0.15) is 12.0 Å². The van der Waals surface area contributed by atoms with Crippen LogP contribution >= 0.6 is 0 Å². The summed E-state index contributed by atoms with van der Waals surface area (Å²) in [7, 11) is 0. The van der Waals surface area contributed by atoms with Crippen molar-refractivity contribution in [2.45, 2.75) is 19.0 Å². The number of likely N-dealkylation sites (tertiary alicyclic amines) is 1. The maximum absolute atomic E-state index is 11.5. The fourth-order valence-corrected chi connectivity index (χ4v) is 1.72. The van der Waals surface area contributed by atoms with E-state index in [4.69, 9.17) is 5.73 Å². The second kappa shape index (κ2) is 3.80. The summed E-state index contributed by atoms with van der Waals surface area (Å²) in [5.41, 5.74) is 6.79. The van der Waals surface area contributed by atoms with Crippen LogP contribution in [0.5, 0.6) is 0 Å². The number of rotatable bonds is 2. The van der Waals surface area contributed by atoms with Gasteiger partial charge in [0.1, 0.15) is 0 Å². The van der Waals surface area contributed by atoms with Crippen LogP contribution in [-0.4, -0.2) is 23.4 Å². The quantitative estimate of drug-likeness (QED) is 0.748. The molecule has 1 atom stereocenters. The van der Waals surface area contributed by atoms with Crippen LogP contribution in [0.2, 0.25) is 0 Å². The molecule has 2 N–H and O–H groups in total. The van der Waals surface area contributed by atoms with Crippen LogP contribution in [0.15, 0.2) is 30.3 Å². The SMILES string of the molecule is N[C@H]1CCN(Cc2ccccc2)C1=O. The van der Waals surface area contributed by atoms with Gasteiger partial charge in [0, 0.05) is 13.1 Å². The summed E-state index contributed by atoms with van der Waals surface area (Å²) in [6, 6.07) is 9.71. The third-order valence-corrected chi connectivity index (χ3v) is 2.56. The Balaban J connectivity index is 2.02.